The number of aryl methyl sites for hydroxylation is 1. The second-order valence-electron chi connectivity index (χ2n) is 4.30. The first-order valence-corrected chi connectivity index (χ1v) is 6.13. The van der Waals surface area contributed by atoms with E-state index in [9.17, 15) is 0 Å². The van der Waals surface area contributed by atoms with Gasteiger partial charge in [-0.1, -0.05) is 18.2 Å². The first-order valence-electron chi connectivity index (χ1n) is 6.13. The van der Waals surface area contributed by atoms with Gasteiger partial charge in [-0.05, 0) is 12.1 Å². The number of nitrogens with zero attached hydrogens (tertiary/aromatic N) is 2. The van der Waals surface area contributed by atoms with Crippen LogP contribution in [0.15, 0.2) is 28.7 Å². The Morgan fingerprint density at radius 1 is 1.32 bits per heavy atom. The van der Waals surface area contributed by atoms with Crippen molar-refractivity contribution in [1.29, 1.82) is 0 Å². The van der Waals surface area contributed by atoms with Crippen LogP contribution in [0.25, 0.3) is 12.2 Å². The van der Waals surface area contributed by atoms with Crippen LogP contribution in [-0.2, 0) is 4.74 Å². The Balaban J connectivity index is 1.73. The minimum atomic E-state index is 0.246. The van der Waals surface area contributed by atoms with Gasteiger partial charge in [0.25, 0.3) is 0 Å². The van der Waals surface area contributed by atoms with Gasteiger partial charge in [-0.2, -0.15) is 0 Å². The molecule has 98 valence electrons. The molecule has 5 nitrogen and oxygen atoms in total. The molecule has 1 aromatic carbocycles. The van der Waals surface area contributed by atoms with Gasteiger partial charge in [0.1, 0.15) is 18.5 Å². The topological polar surface area (TPSA) is 60.7 Å². The standard InChI is InChI=1S/C14H14N2O3/c1-10-15-16-14(19-10)7-6-11-4-2-3-5-13(11)18-9-12-8-17-12/h2-7,12H,8-9H2,1H3/t12-/m0/s1. The molecule has 0 amide bonds. The van der Waals surface area contributed by atoms with E-state index in [1.807, 2.05) is 30.3 Å². The summed E-state index contributed by atoms with van der Waals surface area (Å²) in [6, 6.07) is 7.81. The lowest BCUT2D eigenvalue weighted by atomic mass is 10.2. The highest BCUT2D eigenvalue weighted by Crippen LogP contribution is 2.22. The molecule has 1 aromatic heterocycles. The van der Waals surface area contributed by atoms with E-state index < -0.39 is 0 Å². The Labute approximate surface area is 110 Å². The third-order valence-electron chi connectivity index (χ3n) is 2.69. The summed E-state index contributed by atoms with van der Waals surface area (Å²) in [6.07, 6.45) is 3.92. The van der Waals surface area contributed by atoms with Crippen molar-refractivity contribution in [3.05, 3.63) is 41.6 Å². The first-order chi connectivity index (χ1) is 9.31. The smallest absolute Gasteiger partial charge is 0.240 e. The summed E-state index contributed by atoms with van der Waals surface area (Å²) in [5, 5.41) is 7.68. The van der Waals surface area contributed by atoms with Crippen molar-refractivity contribution in [3.63, 3.8) is 0 Å². The van der Waals surface area contributed by atoms with Gasteiger partial charge in [-0.3, -0.25) is 0 Å². The summed E-state index contributed by atoms with van der Waals surface area (Å²) in [5.74, 6) is 1.86. The van der Waals surface area contributed by atoms with Gasteiger partial charge >= 0.3 is 0 Å². The number of ether oxygens (including phenoxy) is 2. The highest BCUT2D eigenvalue weighted by molar-refractivity contribution is 5.69. The van der Waals surface area contributed by atoms with Crippen LogP contribution in [0, 0.1) is 6.92 Å². The molecule has 1 fully saturated rings. The van der Waals surface area contributed by atoms with Crippen LogP contribution in [0.5, 0.6) is 5.75 Å². The van der Waals surface area contributed by atoms with Crippen molar-refractivity contribution in [2.75, 3.05) is 13.2 Å². The molecule has 2 heterocycles. The monoisotopic (exact) mass is 258 g/mol. The van der Waals surface area contributed by atoms with Crippen LogP contribution in [0.3, 0.4) is 0 Å². The molecule has 1 atom stereocenters. The molecule has 0 aliphatic carbocycles. The molecule has 1 saturated heterocycles. The quantitative estimate of drug-likeness (QED) is 0.770. The number of epoxide rings is 1. The van der Waals surface area contributed by atoms with Gasteiger partial charge in [0.15, 0.2) is 0 Å². The van der Waals surface area contributed by atoms with Crippen LogP contribution in [0.4, 0.5) is 0 Å². The van der Waals surface area contributed by atoms with E-state index in [0.29, 0.717) is 18.4 Å². The maximum atomic E-state index is 5.71. The predicted octanol–water partition coefficient (Wildman–Crippen LogP) is 2.33. The van der Waals surface area contributed by atoms with Crippen molar-refractivity contribution in [3.8, 4) is 5.75 Å². The minimum absolute atomic E-state index is 0.246. The third kappa shape index (κ3) is 3.20. The van der Waals surface area contributed by atoms with Crippen LogP contribution in [0.2, 0.25) is 0 Å². The summed E-state index contributed by atoms with van der Waals surface area (Å²) in [7, 11) is 0. The van der Waals surface area contributed by atoms with E-state index >= 15 is 0 Å². The van der Waals surface area contributed by atoms with Crippen LogP contribution < -0.4 is 4.74 Å². The van der Waals surface area contributed by atoms with Gasteiger partial charge in [0.05, 0.1) is 6.61 Å². The maximum absolute atomic E-state index is 5.71. The Kier molecular flexibility index (Phi) is 3.29. The van der Waals surface area contributed by atoms with Crippen LogP contribution in [0.1, 0.15) is 17.3 Å². The molecule has 0 N–H and O–H groups in total. The normalized spacial score (nSPS) is 17.8. The molecule has 0 spiro atoms. The molecule has 19 heavy (non-hydrogen) atoms. The van der Waals surface area contributed by atoms with Gasteiger partial charge in [0, 0.05) is 18.6 Å². The lowest BCUT2D eigenvalue weighted by Crippen LogP contribution is -2.04. The second-order valence-corrected chi connectivity index (χ2v) is 4.30. The van der Waals surface area contributed by atoms with E-state index in [2.05, 4.69) is 10.2 Å². The van der Waals surface area contributed by atoms with E-state index in [0.717, 1.165) is 17.9 Å². The number of aromatic nitrogens is 2. The zero-order chi connectivity index (χ0) is 13.1. The lowest BCUT2D eigenvalue weighted by molar-refractivity contribution is 0.262. The molecular formula is C14H14N2O3. The number of hydrogen-bond acceptors (Lipinski definition) is 5. The van der Waals surface area contributed by atoms with E-state index in [1.165, 1.54) is 0 Å². The van der Waals surface area contributed by atoms with Crippen molar-refractivity contribution < 1.29 is 13.9 Å². The first kappa shape index (κ1) is 11.9. The van der Waals surface area contributed by atoms with Crippen LogP contribution >= 0.6 is 0 Å². The molecule has 0 radical (unpaired) electrons. The Morgan fingerprint density at radius 2 is 2.16 bits per heavy atom. The molecular weight excluding hydrogens is 244 g/mol. The van der Waals surface area contributed by atoms with Gasteiger partial charge in [-0.15, -0.1) is 10.2 Å². The van der Waals surface area contributed by atoms with Crippen molar-refractivity contribution in [1.82, 2.24) is 10.2 Å². The predicted molar refractivity (Wildman–Crippen MR) is 69.6 cm³/mol. The molecule has 0 unspecified atom stereocenters. The lowest BCUT2D eigenvalue weighted by Gasteiger charge is -2.07. The average molecular weight is 258 g/mol. The van der Waals surface area contributed by atoms with Gasteiger partial charge in [-0.25, -0.2) is 0 Å². The molecule has 1 aliphatic heterocycles. The largest absolute Gasteiger partial charge is 0.490 e. The fourth-order valence-corrected chi connectivity index (χ4v) is 1.64. The number of benzene rings is 1. The number of para-hydroxylation sites is 1. The van der Waals surface area contributed by atoms with Crippen molar-refractivity contribution in [2.24, 2.45) is 0 Å². The highest BCUT2D eigenvalue weighted by atomic mass is 16.6. The van der Waals surface area contributed by atoms with Gasteiger partial charge < -0.3 is 13.9 Å². The van der Waals surface area contributed by atoms with Crippen molar-refractivity contribution >= 4 is 12.2 Å². The molecule has 5 heteroatoms. The number of hydrogen-bond donors (Lipinski definition) is 0. The van der Waals surface area contributed by atoms with Gasteiger partial charge in [0.2, 0.25) is 11.8 Å². The summed E-state index contributed by atoms with van der Waals surface area (Å²) in [5.41, 5.74) is 0.971. The molecule has 3 rings (SSSR count). The molecule has 0 saturated carbocycles. The molecule has 0 bridgehead atoms. The highest BCUT2D eigenvalue weighted by Gasteiger charge is 2.23. The maximum Gasteiger partial charge on any atom is 0.240 e. The fourth-order valence-electron chi connectivity index (χ4n) is 1.64. The molecule has 2 aromatic rings. The summed E-state index contributed by atoms with van der Waals surface area (Å²) in [6.45, 7) is 3.14. The summed E-state index contributed by atoms with van der Waals surface area (Å²) >= 11 is 0. The second kappa shape index (κ2) is 5.24. The zero-order valence-corrected chi connectivity index (χ0v) is 10.6. The number of rotatable bonds is 5. The summed E-state index contributed by atoms with van der Waals surface area (Å²) in [4.78, 5) is 0. The molecule has 1 aliphatic rings. The third-order valence-corrected chi connectivity index (χ3v) is 2.69. The summed E-state index contributed by atoms with van der Waals surface area (Å²) < 4.78 is 16.1. The van der Waals surface area contributed by atoms with Crippen LogP contribution in [-0.4, -0.2) is 29.5 Å². The average Bonchev–Trinajstić information content (AvgIpc) is 3.17. The van der Waals surface area contributed by atoms with E-state index in [1.54, 1.807) is 13.0 Å². The Hall–Kier alpha value is -2.14. The van der Waals surface area contributed by atoms with E-state index in [4.69, 9.17) is 13.9 Å². The van der Waals surface area contributed by atoms with E-state index in [-0.39, 0.29) is 6.10 Å². The fraction of sp³-hybridized carbons (Fsp3) is 0.286. The van der Waals surface area contributed by atoms with Crippen molar-refractivity contribution in [2.45, 2.75) is 13.0 Å². The Morgan fingerprint density at radius 3 is 2.89 bits per heavy atom. The zero-order valence-electron chi connectivity index (χ0n) is 10.6. The SMILES string of the molecule is Cc1nnc(C=Cc2ccccc2OC[C@@H]2CO2)o1. The Bertz CT molecular complexity index is 588. The minimum Gasteiger partial charge on any atom is -0.490 e.